The molecule has 0 N–H and O–H groups in total. The standard InChI is InChI=1S/C16H13BrO/c1-12(17)15(13-8-4-2-5-9-13)16(18)14-10-6-3-7-11-14/h2-11,15H,1H2. The lowest BCUT2D eigenvalue weighted by atomic mass is 9.91. The maximum Gasteiger partial charge on any atom is 0.175 e. The Balaban J connectivity index is 2.39. The van der Waals surface area contributed by atoms with Gasteiger partial charge in [-0.25, -0.2) is 0 Å². The molecular formula is C16H13BrO. The fourth-order valence-electron chi connectivity index (χ4n) is 1.89. The minimum absolute atomic E-state index is 0.0590. The Morgan fingerprint density at radius 1 is 0.944 bits per heavy atom. The first-order valence-electron chi connectivity index (χ1n) is 5.68. The van der Waals surface area contributed by atoms with E-state index in [0.29, 0.717) is 10.0 Å². The zero-order valence-corrected chi connectivity index (χ0v) is 11.4. The molecule has 0 radical (unpaired) electrons. The molecule has 1 nitrogen and oxygen atoms in total. The first-order valence-corrected chi connectivity index (χ1v) is 6.48. The zero-order chi connectivity index (χ0) is 13.0. The third-order valence-corrected chi connectivity index (χ3v) is 3.22. The average Bonchev–Trinajstić information content (AvgIpc) is 2.40. The van der Waals surface area contributed by atoms with Gasteiger partial charge in [0.05, 0.1) is 5.92 Å². The molecule has 2 rings (SSSR count). The summed E-state index contributed by atoms with van der Waals surface area (Å²) in [5, 5.41) is 0. The van der Waals surface area contributed by atoms with Gasteiger partial charge >= 0.3 is 0 Å². The number of hydrogen-bond donors (Lipinski definition) is 0. The quantitative estimate of drug-likeness (QED) is 0.756. The number of ketones is 1. The van der Waals surface area contributed by atoms with Gasteiger partial charge in [-0.1, -0.05) is 83.2 Å². The van der Waals surface area contributed by atoms with Crippen LogP contribution in [-0.4, -0.2) is 5.78 Å². The Kier molecular flexibility index (Phi) is 4.11. The van der Waals surface area contributed by atoms with Crippen molar-refractivity contribution in [1.29, 1.82) is 0 Å². The third kappa shape index (κ3) is 2.77. The summed E-state index contributed by atoms with van der Waals surface area (Å²) in [6, 6.07) is 19.0. The third-order valence-electron chi connectivity index (χ3n) is 2.77. The molecule has 0 aliphatic carbocycles. The van der Waals surface area contributed by atoms with Crippen molar-refractivity contribution < 1.29 is 4.79 Å². The van der Waals surface area contributed by atoms with Gasteiger partial charge in [0.15, 0.2) is 5.78 Å². The van der Waals surface area contributed by atoms with Gasteiger partial charge in [0.1, 0.15) is 0 Å². The van der Waals surface area contributed by atoms with E-state index in [9.17, 15) is 4.79 Å². The summed E-state index contributed by atoms with van der Waals surface area (Å²) in [6.45, 7) is 3.87. The first-order chi connectivity index (χ1) is 8.70. The fourth-order valence-corrected chi connectivity index (χ4v) is 2.36. The van der Waals surface area contributed by atoms with E-state index in [-0.39, 0.29) is 11.7 Å². The summed E-state index contributed by atoms with van der Waals surface area (Å²) in [5.41, 5.74) is 1.65. The normalized spacial score (nSPS) is 11.8. The summed E-state index contributed by atoms with van der Waals surface area (Å²) in [4.78, 5) is 12.5. The van der Waals surface area contributed by atoms with E-state index in [1.54, 1.807) is 0 Å². The van der Waals surface area contributed by atoms with Gasteiger partial charge in [-0.3, -0.25) is 4.79 Å². The Morgan fingerprint density at radius 3 is 1.94 bits per heavy atom. The van der Waals surface area contributed by atoms with Crippen molar-refractivity contribution in [3.8, 4) is 0 Å². The van der Waals surface area contributed by atoms with Crippen molar-refractivity contribution in [3.63, 3.8) is 0 Å². The van der Waals surface area contributed by atoms with Gasteiger partial charge in [0, 0.05) is 10.0 Å². The highest BCUT2D eigenvalue weighted by Crippen LogP contribution is 2.30. The molecule has 0 spiro atoms. The average molecular weight is 301 g/mol. The number of rotatable bonds is 4. The summed E-state index contributed by atoms with van der Waals surface area (Å²) < 4.78 is 0.683. The van der Waals surface area contributed by atoms with Crippen LogP contribution in [-0.2, 0) is 0 Å². The molecule has 2 aromatic carbocycles. The smallest absolute Gasteiger partial charge is 0.175 e. The van der Waals surface area contributed by atoms with Crippen molar-refractivity contribution in [2.24, 2.45) is 0 Å². The minimum Gasteiger partial charge on any atom is -0.293 e. The number of benzene rings is 2. The van der Waals surface area contributed by atoms with Crippen molar-refractivity contribution in [2.45, 2.75) is 5.92 Å². The van der Waals surface area contributed by atoms with Gasteiger partial charge < -0.3 is 0 Å². The lowest BCUT2D eigenvalue weighted by molar-refractivity contribution is 0.0975. The second-order valence-corrected chi connectivity index (χ2v) is 5.04. The molecule has 1 atom stereocenters. The Morgan fingerprint density at radius 2 is 1.44 bits per heavy atom. The maximum atomic E-state index is 12.5. The lowest BCUT2D eigenvalue weighted by Crippen LogP contribution is -2.12. The predicted octanol–water partition coefficient (Wildman–Crippen LogP) is 4.56. The van der Waals surface area contributed by atoms with E-state index < -0.39 is 0 Å². The van der Waals surface area contributed by atoms with Crippen molar-refractivity contribution >= 4 is 21.7 Å². The van der Waals surface area contributed by atoms with Gasteiger partial charge in [-0.2, -0.15) is 0 Å². The molecule has 0 aliphatic rings. The maximum absolute atomic E-state index is 12.5. The van der Waals surface area contributed by atoms with E-state index in [1.807, 2.05) is 60.7 Å². The topological polar surface area (TPSA) is 17.1 Å². The molecule has 0 fully saturated rings. The molecule has 2 aromatic rings. The summed E-state index contributed by atoms with van der Waals surface area (Å²) in [5.74, 6) is -0.280. The Labute approximate surface area is 115 Å². The molecule has 1 unspecified atom stereocenters. The molecule has 0 amide bonds. The molecule has 90 valence electrons. The molecule has 0 bridgehead atoms. The lowest BCUT2D eigenvalue weighted by Gasteiger charge is -2.15. The zero-order valence-electron chi connectivity index (χ0n) is 9.84. The molecule has 2 heteroatoms. The number of hydrogen-bond acceptors (Lipinski definition) is 1. The van der Waals surface area contributed by atoms with Gasteiger partial charge in [0.2, 0.25) is 0 Å². The van der Waals surface area contributed by atoms with Crippen LogP contribution in [0.4, 0.5) is 0 Å². The summed E-state index contributed by atoms with van der Waals surface area (Å²) in [6.07, 6.45) is 0. The van der Waals surface area contributed by atoms with E-state index in [4.69, 9.17) is 0 Å². The second kappa shape index (κ2) is 5.78. The molecule has 0 heterocycles. The second-order valence-electron chi connectivity index (χ2n) is 4.02. The van der Waals surface area contributed by atoms with Crippen LogP contribution in [0.3, 0.4) is 0 Å². The van der Waals surface area contributed by atoms with Crippen LogP contribution in [0.1, 0.15) is 21.8 Å². The minimum atomic E-state index is -0.339. The SMILES string of the molecule is C=C(Br)C(C(=O)c1ccccc1)c1ccccc1. The number of Topliss-reactive ketones (excluding diaryl/α,β-unsaturated/α-hetero) is 1. The highest BCUT2D eigenvalue weighted by molar-refractivity contribution is 9.11. The molecule has 0 aliphatic heterocycles. The number of carbonyl (C=O) groups is 1. The van der Waals surface area contributed by atoms with Gasteiger partial charge in [-0.15, -0.1) is 0 Å². The van der Waals surface area contributed by atoms with Crippen LogP contribution < -0.4 is 0 Å². The van der Waals surface area contributed by atoms with E-state index in [1.165, 1.54) is 0 Å². The van der Waals surface area contributed by atoms with E-state index in [0.717, 1.165) is 5.56 Å². The number of carbonyl (C=O) groups excluding carboxylic acids is 1. The number of allylic oxidation sites excluding steroid dienone is 1. The van der Waals surface area contributed by atoms with Crippen LogP contribution in [0.25, 0.3) is 0 Å². The van der Waals surface area contributed by atoms with Crippen molar-refractivity contribution in [1.82, 2.24) is 0 Å². The van der Waals surface area contributed by atoms with E-state index >= 15 is 0 Å². The summed E-state index contributed by atoms with van der Waals surface area (Å²) in [7, 11) is 0. The monoisotopic (exact) mass is 300 g/mol. The van der Waals surface area contributed by atoms with Gasteiger partial charge in [-0.05, 0) is 5.56 Å². The highest BCUT2D eigenvalue weighted by atomic mass is 79.9. The first kappa shape index (κ1) is 12.8. The molecule has 0 saturated heterocycles. The molecular weight excluding hydrogens is 288 g/mol. The predicted molar refractivity (Wildman–Crippen MR) is 78.0 cm³/mol. The van der Waals surface area contributed by atoms with Crippen LogP contribution in [0.2, 0.25) is 0 Å². The highest BCUT2D eigenvalue weighted by Gasteiger charge is 2.23. The number of halogens is 1. The van der Waals surface area contributed by atoms with Crippen LogP contribution in [0.15, 0.2) is 71.7 Å². The molecule has 0 saturated carbocycles. The molecule has 18 heavy (non-hydrogen) atoms. The van der Waals surface area contributed by atoms with Crippen molar-refractivity contribution in [2.75, 3.05) is 0 Å². The van der Waals surface area contributed by atoms with Crippen LogP contribution >= 0.6 is 15.9 Å². The fraction of sp³-hybridized carbons (Fsp3) is 0.0625. The van der Waals surface area contributed by atoms with Crippen LogP contribution in [0, 0.1) is 0 Å². The molecule has 0 aromatic heterocycles. The van der Waals surface area contributed by atoms with Crippen molar-refractivity contribution in [3.05, 3.63) is 82.9 Å². The van der Waals surface area contributed by atoms with Crippen LogP contribution in [0.5, 0.6) is 0 Å². The van der Waals surface area contributed by atoms with E-state index in [2.05, 4.69) is 22.5 Å². The Bertz CT molecular complexity index is 546. The van der Waals surface area contributed by atoms with Gasteiger partial charge in [0.25, 0.3) is 0 Å². The summed E-state index contributed by atoms with van der Waals surface area (Å²) >= 11 is 3.36. The Hall–Kier alpha value is -1.67. The largest absolute Gasteiger partial charge is 0.293 e.